The van der Waals surface area contributed by atoms with Gasteiger partial charge in [-0.15, -0.1) is 11.3 Å². The Kier molecular flexibility index (Phi) is 6.61. The van der Waals surface area contributed by atoms with E-state index in [0.29, 0.717) is 13.1 Å². The standard InChI is InChI=1S/C18H27N5OS2/c1-21(2)11-14-10-19-23-7-6-22(12-17(14)23)18(24)20-15(13-25-3)9-16-5-4-8-26-16/h4-5,8,10,15H,6-7,9,11-13H2,1-3H3,(H,20,24). The lowest BCUT2D eigenvalue weighted by atomic mass is 10.2. The lowest BCUT2D eigenvalue weighted by molar-refractivity contribution is 0.177. The molecule has 0 saturated carbocycles. The van der Waals surface area contributed by atoms with Gasteiger partial charge in [0.15, 0.2) is 0 Å². The third-order valence-electron chi connectivity index (χ3n) is 4.45. The minimum Gasteiger partial charge on any atom is -0.334 e. The number of urea groups is 1. The molecule has 3 rings (SSSR count). The van der Waals surface area contributed by atoms with Crippen molar-refractivity contribution in [1.82, 2.24) is 24.9 Å². The largest absolute Gasteiger partial charge is 0.334 e. The molecule has 26 heavy (non-hydrogen) atoms. The van der Waals surface area contributed by atoms with Crippen LogP contribution in [0.15, 0.2) is 23.7 Å². The molecule has 6 nitrogen and oxygen atoms in total. The molecule has 3 heterocycles. The Morgan fingerprint density at radius 1 is 1.46 bits per heavy atom. The molecule has 1 aliphatic rings. The summed E-state index contributed by atoms with van der Waals surface area (Å²) in [5.74, 6) is 0.918. The van der Waals surface area contributed by atoms with Gasteiger partial charge in [0.2, 0.25) is 0 Å². The summed E-state index contributed by atoms with van der Waals surface area (Å²) < 4.78 is 2.04. The maximum atomic E-state index is 12.8. The van der Waals surface area contributed by atoms with E-state index in [1.807, 2.05) is 15.8 Å². The molecule has 0 spiro atoms. The van der Waals surface area contributed by atoms with Gasteiger partial charge in [0.1, 0.15) is 0 Å². The Morgan fingerprint density at radius 3 is 3.00 bits per heavy atom. The van der Waals surface area contributed by atoms with Gasteiger partial charge < -0.3 is 15.1 Å². The number of carbonyl (C=O) groups is 1. The summed E-state index contributed by atoms with van der Waals surface area (Å²) in [5.41, 5.74) is 2.35. The van der Waals surface area contributed by atoms with Crippen LogP contribution in [-0.4, -0.2) is 64.3 Å². The Labute approximate surface area is 163 Å². The molecular formula is C18H27N5OS2. The topological polar surface area (TPSA) is 53.4 Å². The first-order chi connectivity index (χ1) is 12.6. The van der Waals surface area contributed by atoms with Crippen LogP contribution >= 0.6 is 23.1 Å². The summed E-state index contributed by atoms with van der Waals surface area (Å²) in [7, 11) is 4.10. The van der Waals surface area contributed by atoms with Gasteiger partial charge in [-0.1, -0.05) is 6.07 Å². The predicted octanol–water partition coefficient (Wildman–Crippen LogP) is 2.51. The SMILES string of the molecule is CSCC(Cc1cccs1)NC(=O)N1CCn2ncc(CN(C)C)c2C1. The average Bonchev–Trinajstić information content (AvgIpc) is 3.24. The van der Waals surface area contributed by atoms with Crippen LogP contribution in [0, 0.1) is 0 Å². The van der Waals surface area contributed by atoms with E-state index in [1.165, 1.54) is 10.4 Å². The quantitative estimate of drug-likeness (QED) is 0.785. The Balaban J connectivity index is 1.63. The maximum absolute atomic E-state index is 12.8. The number of thioether (sulfide) groups is 1. The molecule has 1 aliphatic heterocycles. The van der Waals surface area contributed by atoms with Crippen LogP contribution in [0.2, 0.25) is 0 Å². The fourth-order valence-corrected chi connectivity index (χ4v) is 4.63. The van der Waals surface area contributed by atoms with Crippen molar-refractivity contribution in [1.29, 1.82) is 0 Å². The summed E-state index contributed by atoms with van der Waals surface area (Å²) in [6.45, 7) is 2.93. The fraction of sp³-hybridized carbons (Fsp3) is 0.556. The molecule has 2 aromatic rings. The highest BCUT2D eigenvalue weighted by molar-refractivity contribution is 7.98. The number of carbonyl (C=O) groups excluding carboxylic acids is 1. The summed E-state index contributed by atoms with van der Waals surface area (Å²) in [5, 5.41) is 9.80. The summed E-state index contributed by atoms with van der Waals surface area (Å²) in [6.07, 6.45) is 4.91. The minimum absolute atomic E-state index is 0.0314. The van der Waals surface area contributed by atoms with Gasteiger partial charge in [0.25, 0.3) is 0 Å². The van der Waals surface area contributed by atoms with Gasteiger partial charge in [-0.2, -0.15) is 16.9 Å². The minimum atomic E-state index is 0.0314. The van der Waals surface area contributed by atoms with E-state index in [2.05, 4.69) is 53.2 Å². The van der Waals surface area contributed by atoms with Crippen molar-refractivity contribution in [3.05, 3.63) is 39.8 Å². The van der Waals surface area contributed by atoms with Crippen molar-refractivity contribution in [2.75, 3.05) is 32.6 Å². The third-order valence-corrected chi connectivity index (χ3v) is 6.09. The zero-order chi connectivity index (χ0) is 18.5. The van der Waals surface area contributed by atoms with Crippen molar-refractivity contribution in [2.45, 2.75) is 32.1 Å². The number of fused-ring (bicyclic) bond motifs is 1. The van der Waals surface area contributed by atoms with E-state index in [1.54, 1.807) is 23.1 Å². The van der Waals surface area contributed by atoms with Crippen LogP contribution < -0.4 is 5.32 Å². The first-order valence-electron chi connectivity index (χ1n) is 8.82. The van der Waals surface area contributed by atoms with Gasteiger partial charge in [-0.3, -0.25) is 4.68 Å². The second kappa shape index (κ2) is 8.92. The average molecular weight is 394 g/mol. The van der Waals surface area contributed by atoms with Crippen molar-refractivity contribution >= 4 is 29.1 Å². The number of thiophene rings is 1. The van der Waals surface area contributed by atoms with Crippen LogP contribution in [0.1, 0.15) is 16.1 Å². The van der Waals surface area contributed by atoms with E-state index in [0.717, 1.165) is 31.0 Å². The second-order valence-electron chi connectivity index (χ2n) is 6.88. The molecular weight excluding hydrogens is 366 g/mol. The number of rotatable bonds is 7. The van der Waals surface area contributed by atoms with Crippen molar-refractivity contribution in [3.63, 3.8) is 0 Å². The smallest absolute Gasteiger partial charge is 0.318 e. The number of aromatic nitrogens is 2. The fourth-order valence-electron chi connectivity index (χ4n) is 3.24. The van der Waals surface area contributed by atoms with Gasteiger partial charge in [0.05, 0.1) is 25.0 Å². The normalized spacial score (nSPS) is 15.2. The molecule has 1 atom stereocenters. The lowest BCUT2D eigenvalue weighted by Gasteiger charge is -2.30. The molecule has 2 amide bonds. The molecule has 0 saturated heterocycles. The van der Waals surface area contributed by atoms with Crippen molar-refractivity contribution < 1.29 is 4.79 Å². The van der Waals surface area contributed by atoms with Gasteiger partial charge in [-0.05, 0) is 31.8 Å². The van der Waals surface area contributed by atoms with Gasteiger partial charge >= 0.3 is 6.03 Å². The Hall–Kier alpha value is -1.51. The first-order valence-corrected chi connectivity index (χ1v) is 11.1. The number of hydrogen-bond donors (Lipinski definition) is 1. The van der Waals surface area contributed by atoms with Gasteiger partial charge in [0, 0.05) is 41.7 Å². The highest BCUT2D eigenvalue weighted by Crippen LogP contribution is 2.18. The molecule has 8 heteroatoms. The Morgan fingerprint density at radius 2 is 2.31 bits per heavy atom. The number of hydrogen-bond acceptors (Lipinski definition) is 5. The molecule has 0 radical (unpaired) electrons. The number of nitrogens with one attached hydrogen (secondary N) is 1. The van der Waals surface area contributed by atoms with Crippen molar-refractivity contribution in [3.8, 4) is 0 Å². The molecule has 0 aromatic carbocycles. The molecule has 0 aliphatic carbocycles. The Bertz CT molecular complexity index is 713. The van der Waals surface area contributed by atoms with E-state index < -0.39 is 0 Å². The van der Waals surface area contributed by atoms with Crippen LogP contribution in [0.25, 0.3) is 0 Å². The van der Waals surface area contributed by atoms with E-state index in [9.17, 15) is 4.79 Å². The highest BCUT2D eigenvalue weighted by Gasteiger charge is 2.25. The molecule has 1 N–H and O–H groups in total. The van der Waals surface area contributed by atoms with E-state index in [4.69, 9.17) is 0 Å². The third kappa shape index (κ3) is 4.81. The van der Waals surface area contributed by atoms with E-state index >= 15 is 0 Å². The van der Waals surface area contributed by atoms with Crippen LogP contribution in [0.3, 0.4) is 0 Å². The summed E-state index contributed by atoms with van der Waals surface area (Å²) >= 11 is 3.52. The zero-order valence-corrected chi connectivity index (χ0v) is 17.3. The first kappa shape index (κ1) is 19.3. The second-order valence-corrected chi connectivity index (χ2v) is 8.83. The zero-order valence-electron chi connectivity index (χ0n) is 15.6. The highest BCUT2D eigenvalue weighted by atomic mass is 32.2. The van der Waals surface area contributed by atoms with Crippen LogP contribution in [-0.2, 0) is 26.1 Å². The number of nitrogens with zero attached hydrogens (tertiary/aromatic N) is 4. The number of amides is 2. The monoisotopic (exact) mass is 393 g/mol. The molecule has 0 bridgehead atoms. The predicted molar refractivity (Wildman–Crippen MR) is 109 cm³/mol. The maximum Gasteiger partial charge on any atom is 0.318 e. The molecule has 0 fully saturated rings. The van der Waals surface area contributed by atoms with E-state index in [-0.39, 0.29) is 12.1 Å². The molecule has 2 aromatic heterocycles. The summed E-state index contributed by atoms with van der Waals surface area (Å²) in [6, 6.07) is 4.39. The summed E-state index contributed by atoms with van der Waals surface area (Å²) in [4.78, 5) is 18.2. The molecule has 1 unspecified atom stereocenters. The van der Waals surface area contributed by atoms with Crippen molar-refractivity contribution in [2.24, 2.45) is 0 Å². The van der Waals surface area contributed by atoms with Crippen LogP contribution in [0.4, 0.5) is 4.79 Å². The van der Waals surface area contributed by atoms with Crippen LogP contribution in [0.5, 0.6) is 0 Å². The lowest BCUT2D eigenvalue weighted by Crippen LogP contribution is -2.49. The van der Waals surface area contributed by atoms with Gasteiger partial charge in [-0.25, -0.2) is 4.79 Å². The molecule has 142 valence electrons.